The molecule has 1 heterocycles. The fourth-order valence-electron chi connectivity index (χ4n) is 4.13. The van der Waals surface area contributed by atoms with Gasteiger partial charge < -0.3 is 10.1 Å². The Labute approximate surface area is 161 Å². The second-order valence-electron chi connectivity index (χ2n) is 8.01. The van der Waals surface area contributed by atoms with E-state index in [0.29, 0.717) is 17.8 Å². The first-order chi connectivity index (χ1) is 13.0. The quantitative estimate of drug-likeness (QED) is 0.753. The fraction of sp³-hybridized carbons (Fsp3) is 0.429. The van der Waals surface area contributed by atoms with Crippen LogP contribution in [0.25, 0.3) is 0 Å². The Hall–Kier alpha value is -2.57. The lowest BCUT2D eigenvalue weighted by Crippen LogP contribution is -2.39. The second kappa shape index (κ2) is 6.79. The number of carbonyl (C=O) groups is 2. The smallest absolute Gasteiger partial charge is 0.416 e. The van der Waals surface area contributed by atoms with Crippen LogP contribution in [0.2, 0.25) is 0 Å². The van der Waals surface area contributed by atoms with E-state index in [1.807, 2.05) is 13.8 Å². The molecule has 150 valence electrons. The molecule has 0 fully saturated rings. The number of rotatable bonds is 2. The number of ether oxygens (including phenoxy) is 1. The van der Waals surface area contributed by atoms with Crippen LogP contribution < -0.4 is 5.32 Å². The highest BCUT2D eigenvalue weighted by Gasteiger charge is 2.45. The summed E-state index contributed by atoms with van der Waals surface area (Å²) in [5.41, 5.74) is -0.0584. The van der Waals surface area contributed by atoms with Crippen molar-refractivity contribution in [1.29, 1.82) is 0 Å². The maximum atomic E-state index is 13.7. The van der Waals surface area contributed by atoms with Crippen molar-refractivity contribution in [2.24, 2.45) is 5.41 Å². The van der Waals surface area contributed by atoms with Crippen LogP contribution in [-0.2, 0) is 20.5 Å². The molecule has 0 aromatic heterocycles. The van der Waals surface area contributed by atoms with Gasteiger partial charge in [-0.25, -0.2) is 4.79 Å². The van der Waals surface area contributed by atoms with Crippen molar-refractivity contribution in [3.05, 3.63) is 57.9 Å². The molecule has 1 aromatic rings. The summed E-state index contributed by atoms with van der Waals surface area (Å²) >= 11 is 0. The molecule has 1 aromatic carbocycles. The summed E-state index contributed by atoms with van der Waals surface area (Å²) in [5, 5.41) is 3.08. The molecule has 3 rings (SSSR count). The first-order valence-electron chi connectivity index (χ1n) is 8.95. The number of hydrogen-bond donors (Lipinski definition) is 1. The number of Topliss-reactive ketones (excluding diaryl/α,β-unsaturated/α-hetero) is 1. The van der Waals surface area contributed by atoms with Gasteiger partial charge in [-0.15, -0.1) is 0 Å². The zero-order chi connectivity index (χ0) is 20.9. The van der Waals surface area contributed by atoms with Crippen molar-refractivity contribution >= 4 is 11.8 Å². The van der Waals surface area contributed by atoms with Gasteiger partial charge in [-0.05, 0) is 30.4 Å². The lowest BCUT2D eigenvalue weighted by Gasteiger charge is -2.39. The number of alkyl halides is 3. The van der Waals surface area contributed by atoms with E-state index < -0.39 is 23.6 Å². The summed E-state index contributed by atoms with van der Waals surface area (Å²) in [6.07, 6.45) is -3.91. The van der Waals surface area contributed by atoms with Gasteiger partial charge in [0.15, 0.2) is 5.78 Å². The first-order valence-corrected chi connectivity index (χ1v) is 8.95. The van der Waals surface area contributed by atoms with Gasteiger partial charge in [0, 0.05) is 29.3 Å². The van der Waals surface area contributed by atoms with E-state index >= 15 is 0 Å². The van der Waals surface area contributed by atoms with Gasteiger partial charge in [-0.3, -0.25) is 4.79 Å². The standard InChI is InChI=1S/C21H22F3NO3/c1-11-16(19(27)28-4)17(12-7-5-6-8-13(12)21(22,23)24)18-14(25-11)9-20(2,3)10-15(18)26/h5-8,17,25H,9-10H2,1-4H3/t17-/m1/s1. The average molecular weight is 393 g/mol. The minimum absolute atomic E-state index is 0.0333. The third-order valence-electron chi connectivity index (χ3n) is 5.22. The normalized spacial score (nSPS) is 22.0. The number of carbonyl (C=O) groups excluding carboxylic acids is 2. The molecule has 0 bridgehead atoms. The Morgan fingerprint density at radius 1 is 1.21 bits per heavy atom. The number of methoxy groups -OCH3 is 1. The van der Waals surface area contributed by atoms with Crippen molar-refractivity contribution in [1.82, 2.24) is 5.32 Å². The highest BCUT2D eigenvalue weighted by Crippen LogP contribution is 2.49. The summed E-state index contributed by atoms with van der Waals surface area (Å²) in [4.78, 5) is 25.5. The molecule has 2 aliphatic rings. The van der Waals surface area contributed by atoms with Crippen molar-refractivity contribution < 1.29 is 27.5 Å². The predicted molar refractivity (Wildman–Crippen MR) is 97.1 cm³/mol. The monoisotopic (exact) mass is 393 g/mol. The zero-order valence-corrected chi connectivity index (χ0v) is 16.2. The Morgan fingerprint density at radius 2 is 1.86 bits per heavy atom. The van der Waals surface area contributed by atoms with Gasteiger partial charge in [0.05, 0.1) is 18.2 Å². The van der Waals surface area contributed by atoms with E-state index in [-0.39, 0.29) is 34.3 Å². The summed E-state index contributed by atoms with van der Waals surface area (Å²) < 4.78 is 46.0. The summed E-state index contributed by atoms with van der Waals surface area (Å²) in [6, 6.07) is 5.07. The molecule has 4 nitrogen and oxygen atoms in total. The van der Waals surface area contributed by atoms with Crippen LogP contribution in [0.3, 0.4) is 0 Å². The Morgan fingerprint density at radius 3 is 2.46 bits per heavy atom. The largest absolute Gasteiger partial charge is 0.466 e. The van der Waals surface area contributed by atoms with Crippen LogP contribution in [0, 0.1) is 5.41 Å². The zero-order valence-electron chi connectivity index (χ0n) is 16.2. The van der Waals surface area contributed by atoms with E-state index in [1.54, 1.807) is 6.92 Å². The van der Waals surface area contributed by atoms with E-state index in [1.165, 1.54) is 25.3 Å². The second-order valence-corrected chi connectivity index (χ2v) is 8.01. The van der Waals surface area contributed by atoms with Gasteiger partial charge in [-0.2, -0.15) is 13.2 Å². The highest BCUT2D eigenvalue weighted by molar-refractivity contribution is 6.04. The van der Waals surface area contributed by atoms with Gasteiger partial charge >= 0.3 is 12.1 Å². The topological polar surface area (TPSA) is 55.4 Å². The summed E-state index contributed by atoms with van der Waals surface area (Å²) in [6.45, 7) is 5.49. The lowest BCUT2D eigenvalue weighted by molar-refractivity contribution is -0.139. The van der Waals surface area contributed by atoms with Gasteiger partial charge in [-0.1, -0.05) is 32.0 Å². The number of esters is 1. The van der Waals surface area contributed by atoms with Crippen molar-refractivity contribution in [3.63, 3.8) is 0 Å². The molecule has 1 atom stereocenters. The number of nitrogens with one attached hydrogen (secondary N) is 1. The first kappa shape index (κ1) is 20.2. The van der Waals surface area contributed by atoms with E-state index in [0.717, 1.165) is 6.07 Å². The summed E-state index contributed by atoms with van der Waals surface area (Å²) in [5.74, 6) is -2.13. The van der Waals surface area contributed by atoms with Gasteiger partial charge in [0.1, 0.15) is 0 Å². The molecule has 1 aliphatic heterocycles. The molecule has 0 unspecified atom stereocenters. The maximum absolute atomic E-state index is 13.7. The average Bonchev–Trinajstić information content (AvgIpc) is 2.58. The number of hydrogen-bond acceptors (Lipinski definition) is 4. The van der Waals surface area contributed by atoms with E-state index in [2.05, 4.69) is 5.32 Å². The van der Waals surface area contributed by atoms with Crippen molar-refractivity contribution in [2.75, 3.05) is 7.11 Å². The molecule has 1 aliphatic carbocycles. The molecular formula is C21H22F3NO3. The number of benzene rings is 1. The minimum Gasteiger partial charge on any atom is -0.466 e. The minimum atomic E-state index is -4.62. The third kappa shape index (κ3) is 3.45. The lowest BCUT2D eigenvalue weighted by atomic mass is 9.68. The van der Waals surface area contributed by atoms with E-state index in [4.69, 9.17) is 4.74 Å². The number of dihydropyridines is 1. The number of ketones is 1. The molecule has 0 spiro atoms. The third-order valence-corrected chi connectivity index (χ3v) is 5.22. The van der Waals surface area contributed by atoms with Gasteiger partial charge in [0.2, 0.25) is 0 Å². The molecule has 0 saturated heterocycles. The van der Waals surface area contributed by atoms with Crippen molar-refractivity contribution in [2.45, 2.75) is 45.7 Å². The van der Waals surface area contributed by atoms with Crippen molar-refractivity contribution in [3.8, 4) is 0 Å². The van der Waals surface area contributed by atoms with Gasteiger partial charge in [0.25, 0.3) is 0 Å². The van der Waals surface area contributed by atoms with Crippen LogP contribution in [0.5, 0.6) is 0 Å². The Bertz CT molecular complexity index is 910. The van der Waals surface area contributed by atoms with Crippen LogP contribution in [0.4, 0.5) is 13.2 Å². The highest BCUT2D eigenvalue weighted by atomic mass is 19.4. The Kier molecular flexibility index (Phi) is 4.89. The molecular weight excluding hydrogens is 371 g/mol. The Balaban J connectivity index is 2.30. The van der Waals surface area contributed by atoms with Crippen LogP contribution in [-0.4, -0.2) is 18.9 Å². The number of halogens is 3. The molecule has 0 saturated carbocycles. The molecule has 1 N–H and O–H groups in total. The molecule has 28 heavy (non-hydrogen) atoms. The van der Waals surface area contributed by atoms with Crippen LogP contribution >= 0.6 is 0 Å². The van der Waals surface area contributed by atoms with Crippen LogP contribution in [0.1, 0.15) is 50.7 Å². The molecule has 0 radical (unpaired) electrons. The SMILES string of the molecule is COC(=O)C1=C(C)NC2=C(C(=O)CC(C)(C)C2)[C@@H]1c1ccccc1C(F)(F)F. The molecule has 7 heteroatoms. The maximum Gasteiger partial charge on any atom is 0.416 e. The van der Waals surface area contributed by atoms with Crippen LogP contribution in [0.15, 0.2) is 46.8 Å². The predicted octanol–water partition coefficient (Wildman–Crippen LogP) is 4.48. The van der Waals surface area contributed by atoms with E-state index in [9.17, 15) is 22.8 Å². The number of allylic oxidation sites excluding steroid dienone is 3. The summed E-state index contributed by atoms with van der Waals surface area (Å²) in [7, 11) is 1.17. The fourth-order valence-corrected chi connectivity index (χ4v) is 4.13. The molecule has 0 amide bonds.